The average molecular weight is 732 g/mol. The Morgan fingerprint density at radius 1 is 0.321 bits per heavy atom. The zero-order valence-electron chi connectivity index (χ0n) is 30.7. The van der Waals surface area contributed by atoms with Gasteiger partial charge >= 0.3 is 0 Å². The molecule has 0 atom stereocenters. The standard InChI is InChI=1S/C52H37N3Si/c1-7-21-38(22-8-1)49-51(50(39-23-9-2-10-24-39)54-52(53-49)40-25-11-3-12-26-40)55-47-34-20-19-33-45(47)46-37-44(35-36-48(46)55)56(41-27-13-4-14-28-41,42-29-15-5-16-30-42)43-31-17-6-18-32-43/h1-37H. The molecule has 264 valence electrons. The summed E-state index contributed by atoms with van der Waals surface area (Å²) in [5, 5.41) is 7.77. The molecule has 8 aromatic carbocycles. The molecule has 0 radical (unpaired) electrons. The molecule has 2 aromatic heterocycles. The normalized spacial score (nSPS) is 11.6. The van der Waals surface area contributed by atoms with Crippen LogP contribution in [-0.4, -0.2) is 22.6 Å². The van der Waals surface area contributed by atoms with Gasteiger partial charge in [0.05, 0.1) is 28.1 Å². The molecular weight excluding hydrogens is 695 g/mol. The predicted octanol–water partition coefficient (Wildman–Crippen LogP) is 9.95. The van der Waals surface area contributed by atoms with Gasteiger partial charge in [0.2, 0.25) is 0 Å². The summed E-state index contributed by atoms with van der Waals surface area (Å²) in [5.74, 6) is 0.694. The summed E-state index contributed by atoms with van der Waals surface area (Å²) in [6, 6.07) is 80.8. The van der Waals surface area contributed by atoms with Crippen molar-refractivity contribution in [3.8, 4) is 39.6 Å². The lowest BCUT2D eigenvalue weighted by Gasteiger charge is -2.34. The molecule has 0 aliphatic heterocycles. The minimum Gasteiger partial charge on any atom is -0.305 e. The molecule has 0 saturated heterocycles. The van der Waals surface area contributed by atoms with Crippen LogP contribution in [-0.2, 0) is 0 Å². The molecule has 2 heterocycles. The first-order valence-electron chi connectivity index (χ1n) is 19.1. The van der Waals surface area contributed by atoms with Crippen LogP contribution in [0.1, 0.15) is 0 Å². The van der Waals surface area contributed by atoms with Crippen LogP contribution in [0.4, 0.5) is 0 Å². The first-order valence-corrected chi connectivity index (χ1v) is 21.1. The lowest BCUT2D eigenvalue weighted by atomic mass is 10.0. The molecule has 0 unspecified atom stereocenters. The summed E-state index contributed by atoms with van der Waals surface area (Å²) in [4.78, 5) is 10.8. The van der Waals surface area contributed by atoms with Gasteiger partial charge in [-0.05, 0) is 32.9 Å². The molecule has 0 amide bonds. The molecule has 0 fully saturated rings. The Hall–Kier alpha value is -7.14. The van der Waals surface area contributed by atoms with Crippen molar-refractivity contribution in [1.82, 2.24) is 14.5 Å². The van der Waals surface area contributed by atoms with Gasteiger partial charge in [-0.3, -0.25) is 0 Å². The van der Waals surface area contributed by atoms with Crippen LogP contribution in [0.2, 0.25) is 0 Å². The molecule has 0 bridgehead atoms. The second-order valence-electron chi connectivity index (χ2n) is 14.1. The SMILES string of the molecule is c1ccc(-c2nc(-c3ccccc3)c(-n3c4ccccc4c4cc([Si](c5ccccc5)(c5ccccc5)c5ccccc5)ccc43)c(-c3ccccc3)n2)cc1. The largest absolute Gasteiger partial charge is 0.305 e. The van der Waals surface area contributed by atoms with E-state index in [4.69, 9.17) is 9.97 Å². The summed E-state index contributed by atoms with van der Waals surface area (Å²) >= 11 is 0. The molecule has 0 spiro atoms. The number of rotatable bonds is 8. The van der Waals surface area contributed by atoms with Crippen molar-refractivity contribution in [3.63, 3.8) is 0 Å². The average Bonchev–Trinajstić information content (AvgIpc) is 3.61. The molecule has 3 nitrogen and oxygen atoms in total. The number of hydrogen-bond donors (Lipinski definition) is 0. The number of aromatic nitrogens is 3. The highest BCUT2D eigenvalue weighted by Crippen LogP contribution is 2.40. The van der Waals surface area contributed by atoms with Gasteiger partial charge in [-0.25, -0.2) is 9.97 Å². The van der Waals surface area contributed by atoms with Crippen molar-refractivity contribution in [1.29, 1.82) is 0 Å². The highest BCUT2D eigenvalue weighted by molar-refractivity contribution is 7.20. The lowest BCUT2D eigenvalue weighted by Crippen LogP contribution is -2.74. The maximum absolute atomic E-state index is 5.42. The fraction of sp³-hybridized carbons (Fsp3) is 0. The monoisotopic (exact) mass is 731 g/mol. The Balaban J connectivity index is 1.33. The summed E-state index contributed by atoms with van der Waals surface area (Å²) in [7, 11) is -2.78. The molecule has 0 saturated carbocycles. The van der Waals surface area contributed by atoms with E-state index in [0.717, 1.165) is 44.8 Å². The third kappa shape index (κ3) is 5.58. The zero-order valence-corrected chi connectivity index (χ0v) is 31.7. The van der Waals surface area contributed by atoms with Gasteiger partial charge < -0.3 is 4.57 Å². The molecular formula is C52H37N3Si. The topological polar surface area (TPSA) is 30.7 Å². The van der Waals surface area contributed by atoms with Crippen molar-refractivity contribution in [3.05, 3.63) is 224 Å². The van der Waals surface area contributed by atoms with Crippen LogP contribution in [0.15, 0.2) is 224 Å². The Kier molecular flexibility index (Phi) is 8.51. The maximum Gasteiger partial charge on any atom is 0.179 e. The van der Waals surface area contributed by atoms with Gasteiger partial charge in [-0.1, -0.05) is 212 Å². The first-order chi connectivity index (χ1) is 27.8. The third-order valence-electron chi connectivity index (χ3n) is 11.0. The maximum atomic E-state index is 5.42. The van der Waals surface area contributed by atoms with Crippen molar-refractivity contribution in [2.75, 3.05) is 0 Å². The summed E-state index contributed by atoms with van der Waals surface area (Å²) in [5.41, 5.74) is 7.98. The highest BCUT2D eigenvalue weighted by Gasteiger charge is 2.41. The van der Waals surface area contributed by atoms with Gasteiger partial charge in [-0.2, -0.15) is 0 Å². The van der Waals surface area contributed by atoms with Crippen LogP contribution >= 0.6 is 0 Å². The van der Waals surface area contributed by atoms with Gasteiger partial charge in [0.25, 0.3) is 0 Å². The van der Waals surface area contributed by atoms with Gasteiger partial charge in [0.1, 0.15) is 0 Å². The van der Waals surface area contributed by atoms with Crippen LogP contribution in [0.5, 0.6) is 0 Å². The number of nitrogens with zero attached hydrogens (tertiary/aromatic N) is 3. The molecule has 0 aliphatic carbocycles. The van der Waals surface area contributed by atoms with Crippen molar-refractivity contribution < 1.29 is 0 Å². The van der Waals surface area contributed by atoms with Crippen molar-refractivity contribution in [2.24, 2.45) is 0 Å². The highest BCUT2D eigenvalue weighted by atomic mass is 28.3. The van der Waals surface area contributed by atoms with E-state index in [9.17, 15) is 0 Å². The molecule has 10 aromatic rings. The molecule has 0 aliphatic rings. The Morgan fingerprint density at radius 2 is 0.714 bits per heavy atom. The number of para-hydroxylation sites is 1. The molecule has 0 N–H and O–H groups in total. The fourth-order valence-corrected chi connectivity index (χ4v) is 13.3. The van der Waals surface area contributed by atoms with Gasteiger partial charge in [0.15, 0.2) is 13.9 Å². The number of hydrogen-bond acceptors (Lipinski definition) is 2. The number of benzene rings is 8. The summed E-state index contributed by atoms with van der Waals surface area (Å²) in [6.45, 7) is 0. The minimum absolute atomic E-state index is 0.694. The van der Waals surface area contributed by atoms with E-state index >= 15 is 0 Å². The van der Waals surface area contributed by atoms with E-state index in [1.165, 1.54) is 31.5 Å². The van der Waals surface area contributed by atoms with Gasteiger partial charge in [-0.15, -0.1) is 0 Å². The second-order valence-corrected chi connectivity index (χ2v) is 17.9. The van der Waals surface area contributed by atoms with Gasteiger partial charge in [0, 0.05) is 27.5 Å². The molecule has 56 heavy (non-hydrogen) atoms. The minimum atomic E-state index is -2.78. The Morgan fingerprint density at radius 3 is 1.20 bits per heavy atom. The zero-order chi connectivity index (χ0) is 37.3. The van der Waals surface area contributed by atoms with E-state index in [2.05, 4.69) is 211 Å². The summed E-state index contributed by atoms with van der Waals surface area (Å²) in [6.07, 6.45) is 0. The molecule has 10 rings (SSSR count). The van der Waals surface area contributed by atoms with E-state index < -0.39 is 8.07 Å². The van der Waals surface area contributed by atoms with Crippen LogP contribution in [0.25, 0.3) is 61.4 Å². The first kappa shape index (κ1) is 33.4. The lowest BCUT2D eigenvalue weighted by molar-refractivity contribution is 1.09. The Labute approximate surface area is 327 Å². The predicted molar refractivity (Wildman–Crippen MR) is 236 cm³/mol. The quantitative estimate of drug-likeness (QED) is 0.115. The van der Waals surface area contributed by atoms with E-state index in [1.807, 2.05) is 18.2 Å². The second kappa shape index (κ2) is 14.3. The smallest absolute Gasteiger partial charge is 0.179 e. The van der Waals surface area contributed by atoms with Crippen LogP contribution in [0.3, 0.4) is 0 Å². The number of fused-ring (bicyclic) bond motifs is 3. The van der Waals surface area contributed by atoms with E-state index in [-0.39, 0.29) is 0 Å². The van der Waals surface area contributed by atoms with Crippen LogP contribution < -0.4 is 20.7 Å². The van der Waals surface area contributed by atoms with E-state index in [0.29, 0.717) is 5.82 Å². The Bertz CT molecular complexity index is 2770. The van der Waals surface area contributed by atoms with E-state index in [1.54, 1.807) is 0 Å². The fourth-order valence-electron chi connectivity index (χ4n) is 8.49. The van der Waals surface area contributed by atoms with Crippen molar-refractivity contribution in [2.45, 2.75) is 0 Å². The summed E-state index contributed by atoms with van der Waals surface area (Å²) < 4.78 is 2.41. The molecule has 4 heteroatoms. The third-order valence-corrected chi connectivity index (χ3v) is 15.7. The van der Waals surface area contributed by atoms with Crippen molar-refractivity contribution >= 4 is 50.6 Å². The van der Waals surface area contributed by atoms with Crippen LogP contribution in [0, 0.1) is 0 Å².